The van der Waals surface area contributed by atoms with E-state index in [1.165, 1.54) is 6.92 Å². The maximum Gasteiger partial charge on any atom is 0.247 e. The highest BCUT2D eigenvalue weighted by Crippen LogP contribution is 2.39. The fourth-order valence-electron chi connectivity index (χ4n) is 2.46. The molecule has 0 spiro atoms. The van der Waals surface area contributed by atoms with E-state index < -0.39 is 24.2 Å². The molecule has 0 aromatic rings. The molecule has 0 aromatic carbocycles. The Labute approximate surface area is 94.4 Å². The lowest BCUT2D eigenvalue weighted by atomic mass is 9.75. The lowest BCUT2D eigenvalue weighted by molar-refractivity contribution is -0.0499. The Kier molecular flexibility index (Phi) is 4.24. The molecule has 0 bridgehead atoms. The molecule has 0 aliphatic heterocycles. The van der Waals surface area contributed by atoms with Gasteiger partial charge in [-0.2, -0.15) is 0 Å². The van der Waals surface area contributed by atoms with Crippen LogP contribution in [-0.2, 0) is 0 Å². The third-order valence-electron chi connectivity index (χ3n) is 3.70. The van der Waals surface area contributed by atoms with Gasteiger partial charge < -0.3 is 0 Å². The van der Waals surface area contributed by atoms with Crippen LogP contribution < -0.4 is 0 Å². The van der Waals surface area contributed by atoms with Gasteiger partial charge in [0, 0.05) is 5.92 Å². The zero-order chi connectivity index (χ0) is 12.5. The van der Waals surface area contributed by atoms with Gasteiger partial charge in [0.25, 0.3) is 0 Å². The van der Waals surface area contributed by atoms with Gasteiger partial charge in [-0.3, -0.25) is 0 Å². The minimum atomic E-state index is -2.73. The molecule has 1 saturated carbocycles. The van der Waals surface area contributed by atoms with Gasteiger partial charge in [0.2, 0.25) is 5.92 Å². The Morgan fingerprint density at radius 3 is 2.25 bits per heavy atom. The van der Waals surface area contributed by atoms with Crippen molar-refractivity contribution in [2.45, 2.75) is 58.3 Å². The van der Waals surface area contributed by atoms with Gasteiger partial charge >= 0.3 is 0 Å². The van der Waals surface area contributed by atoms with Gasteiger partial charge in [0.15, 0.2) is 0 Å². The maximum atomic E-state index is 13.3. The minimum Gasteiger partial charge on any atom is -0.244 e. The minimum absolute atomic E-state index is 0.0892. The van der Waals surface area contributed by atoms with Crippen molar-refractivity contribution in [2.24, 2.45) is 17.8 Å². The number of hydrogen-bond acceptors (Lipinski definition) is 0. The molecule has 0 aromatic heterocycles. The van der Waals surface area contributed by atoms with Crippen LogP contribution in [0.25, 0.3) is 0 Å². The third-order valence-corrected chi connectivity index (χ3v) is 3.70. The van der Waals surface area contributed by atoms with E-state index in [-0.39, 0.29) is 24.7 Å². The Morgan fingerprint density at radius 2 is 1.81 bits per heavy atom. The molecule has 1 fully saturated rings. The Hall–Kier alpha value is -0.280. The summed E-state index contributed by atoms with van der Waals surface area (Å²) in [5, 5.41) is 0. The van der Waals surface area contributed by atoms with Crippen molar-refractivity contribution in [3.63, 3.8) is 0 Å². The highest BCUT2D eigenvalue weighted by atomic mass is 19.3. The van der Waals surface area contributed by atoms with Crippen LogP contribution in [0.5, 0.6) is 0 Å². The van der Waals surface area contributed by atoms with E-state index >= 15 is 0 Å². The molecule has 4 heteroatoms. The van der Waals surface area contributed by atoms with Crippen molar-refractivity contribution < 1.29 is 17.6 Å². The van der Waals surface area contributed by atoms with E-state index in [0.29, 0.717) is 6.42 Å². The van der Waals surface area contributed by atoms with Crippen molar-refractivity contribution in [3.05, 3.63) is 0 Å². The maximum absolute atomic E-state index is 13.3. The van der Waals surface area contributed by atoms with Crippen molar-refractivity contribution in [1.82, 2.24) is 0 Å². The van der Waals surface area contributed by atoms with E-state index in [1.54, 1.807) is 6.92 Å². The summed E-state index contributed by atoms with van der Waals surface area (Å²) in [4.78, 5) is 0. The molecule has 0 radical (unpaired) electrons. The van der Waals surface area contributed by atoms with Crippen molar-refractivity contribution in [2.75, 3.05) is 0 Å². The molecule has 0 nitrogen and oxygen atoms in total. The zero-order valence-corrected chi connectivity index (χ0v) is 10.0. The lowest BCUT2D eigenvalue weighted by Crippen LogP contribution is -2.36. The van der Waals surface area contributed by atoms with E-state index in [0.717, 1.165) is 6.92 Å². The van der Waals surface area contributed by atoms with Crippen LogP contribution >= 0.6 is 0 Å². The second-order valence-corrected chi connectivity index (χ2v) is 5.37. The number of alkyl halides is 4. The van der Waals surface area contributed by atoms with Gasteiger partial charge in [-0.25, -0.2) is 17.6 Å². The second kappa shape index (κ2) is 4.92. The van der Waals surface area contributed by atoms with Crippen LogP contribution in [0.4, 0.5) is 17.6 Å². The van der Waals surface area contributed by atoms with Crippen LogP contribution in [-0.4, -0.2) is 18.3 Å². The monoisotopic (exact) mass is 240 g/mol. The summed E-state index contributed by atoms with van der Waals surface area (Å²) in [6.45, 7) is 4.01. The highest BCUT2D eigenvalue weighted by molar-refractivity contribution is 4.86. The first-order chi connectivity index (χ1) is 7.21. The summed E-state index contributed by atoms with van der Waals surface area (Å²) < 4.78 is 52.4. The molecule has 0 heterocycles. The average molecular weight is 240 g/mol. The smallest absolute Gasteiger partial charge is 0.244 e. The first kappa shape index (κ1) is 13.8. The molecule has 96 valence electrons. The van der Waals surface area contributed by atoms with Crippen LogP contribution in [0.3, 0.4) is 0 Å². The van der Waals surface area contributed by atoms with Gasteiger partial charge in [0.1, 0.15) is 12.3 Å². The topological polar surface area (TPSA) is 0 Å². The van der Waals surface area contributed by atoms with Gasteiger partial charge in [-0.05, 0) is 38.0 Å². The van der Waals surface area contributed by atoms with Crippen molar-refractivity contribution in [3.8, 4) is 0 Å². The van der Waals surface area contributed by atoms with E-state index in [1.807, 2.05) is 0 Å². The van der Waals surface area contributed by atoms with Crippen LogP contribution in [0, 0.1) is 17.8 Å². The Morgan fingerprint density at radius 1 is 1.25 bits per heavy atom. The van der Waals surface area contributed by atoms with E-state index in [2.05, 4.69) is 0 Å². The molecule has 1 aliphatic carbocycles. The van der Waals surface area contributed by atoms with Gasteiger partial charge in [-0.15, -0.1) is 0 Å². The fraction of sp³-hybridized carbons (Fsp3) is 1.00. The summed E-state index contributed by atoms with van der Waals surface area (Å²) >= 11 is 0. The SMILES string of the molecule is CC1CC(CC(C)C(C)(F)F)CC(F)C1F. The first-order valence-electron chi connectivity index (χ1n) is 5.87. The van der Waals surface area contributed by atoms with Crippen LogP contribution in [0.15, 0.2) is 0 Å². The van der Waals surface area contributed by atoms with Crippen molar-refractivity contribution >= 4 is 0 Å². The lowest BCUT2D eigenvalue weighted by Gasteiger charge is -2.34. The zero-order valence-electron chi connectivity index (χ0n) is 10.0. The summed E-state index contributed by atoms with van der Waals surface area (Å²) in [7, 11) is 0. The molecule has 5 atom stereocenters. The second-order valence-electron chi connectivity index (χ2n) is 5.37. The molecule has 0 saturated heterocycles. The normalized spacial score (nSPS) is 38.4. The van der Waals surface area contributed by atoms with Gasteiger partial charge in [-0.1, -0.05) is 13.8 Å². The van der Waals surface area contributed by atoms with Crippen LogP contribution in [0.2, 0.25) is 0 Å². The average Bonchev–Trinajstić information content (AvgIpc) is 2.12. The van der Waals surface area contributed by atoms with Crippen LogP contribution in [0.1, 0.15) is 40.0 Å². The standard InChI is InChI=1S/C12H20F4/c1-7-4-9(6-10(13)11(7)14)5-8(2)12(3,15)16/h7-11H,4-6H2,1-3H3. The first-order valence-corrected chi connectivity index (χ1v) is 5.87. The largest absolute Gasteiger partial charge is 0.247 e. The van der Waals surface area contributed by atoms with Gasteiger partial charge in [0.05, 0.1) is 0 Å². The number of rotatable bonds is 3. The number of halogens is 4. The number of hydrogen-bond donors (Lipinski definition) is 0. The quantitative estimate of drug-likeness (QED) is 0.642. The third kappa shape index (κ3) is 3.36. The van der Waals surface area contributed by atoms with E-state index in [4.69, 9.17) is 0 Å². The van der Waals surface area contributed by atoms with Crippen molar-refractivity contribution in [1.29, 1.82) is 0 Å². The molecule has 1 rings (SSSR count). The molecule has 0 N–H and O–H groups in total. The molecule has 1 aliphatic rings. The predicted molar refractivity (Wildman–Crippen MR) is 56.1 cm³/mol. The molecule has 16 heavy (non-hydrogen) atoms. The summed E-state index contributed by atoms with van der Waals surface area (Å²) in [5.41, 5.74) is 0. The van der Waals surface area contributed by atoms with E-state index in [9.17, 15) is 17.6 Å². The molecule has 0 amide bonds. The Balaban J connectivity index is 2.51. The molecular weight excluding hydrogens is 220 g/mol. The predicted octanol–water partition coefficient (Wildman–Crippen LogP) is 4.39. The Bertz CT molecular complexity index is 212. The fourth-order valence-corrected chi connectivity index (χ4v) is 2.46. The summed E-state index contributed by atoms with van der Waals surface area (Å²) in [6, 6.07) is 0. The summed E-state index contributed by atoms with van der Waals surface area (Å²) in [6.07, 6.45) is -2.02. The highest BCUT2D eigenvalue weighted by Gasteiger charge is 2.39. The molecular formula is C12H20F4. The summed E-state index contributed by atoms with van der Waals surface area (Å²) in [5.74, 6) is -3.97. The molecule has 5 unspecified atom stereocenters.